The minimum absolute atomic E-state index is 0.119. The van der Waals surface area contributed by atoms with Crippen LogP contribution < -0.4 is 21.4 Å². The van der Waals surface area contributed by atoms with Crippen molar-refractivity contribution in [3.63, 3.8) is 0 Å². The van der Waals surface area contributed by atoms with Crippen molar-refractivity contribution in [1.82, 2.24) is 0 Å². The van der Waals surface area contributed by atoms with Gasteiger partial charge in [0.25, 0.3) is 0 Å². The van der Waals surface area contributed by atoms with E-state index in [1.54, 1.807) is 14.2 Å². The number of ether oxygens (including phenoxy) is 4. The first-order chi connectivity index (χ1) is 34.2. The molecule has 3 unspecified atom stereocenters. The van der Waals surface area contributed by atoms with Crippen molar-refractivity contribution in [2.45, 2.75) is 39.2 Å². The second-order valence-electron chi connectivity index (χ2n) is 18.2. The molecule has 3 aliphatic carbocycles. The zero-order chi connectivity index (χ0) is 48.1. The van der Waals surface area contributed by atoms with Crippen LogP contribution in [-0.2, 0) is 19.0 Å². The van der Waals surface area contributed by atoms with E-state index < -0.39 is 0 Å². The molecule has 10 rings (SSSR count). The van der Waals surface area contributed by atoms with E-state index in [-0.39, 0.29) is 12.0 Å². The third-order valence-electron chi connectivity index (χ3n) is 13.6. The molecule has 0 spiro atoms. The zero-order valence-electron chi connectivity index (χ0n) is 39.9. The van der Waals surface area contributed by atoms with Crippen molar-refractivity contribution >= 4 is 22.9 Å². The molecule has 0 aromatic heterocycles. The molecule has 5 aromatic rings. The summed E-state index contributed by atoms with van der Waals surface area (Å²) < 4.78 is 24.9. The molecule has 0 saturated heterocycles. The molecule has 8 nitrogen and oxygen atoms in total. The number of hydrogen-bond acceptors (Lipinski definition) is 8. The summed E-state index contributed by atoms with van der Waals surface area (Å²) in [5.74, 6) is 17.0. The molecule has 0 fully saturated rings. The second kappa shape index (κ2) is 20.4. The molecule has 5 aromatic carbocycles. The van der Waals surface area contributed by atoms with E-state index in [1.807, 2.05) is 42.5 Å². The third kappa shape index (κ3) is 9.84. The number of methoxy groups -OCH3 is 2. The van der Waals surface area contributed by atoms with Crippen molar-refractivity contribution in [3.8, 4) is 33.8 Å². The summed E-state index contributed by atoms with van der Waals surface area (Å²) in [6.45, 7) is 4.54. The van der Waals surface area contributed by atoms with Gasteiger partial charge in [-0.1, -0.05) is 147 Å². The predicted molar refractivity (Wildman–Crippen MR) is 280 cm³/mol. The van der Waals surface area contributed by atoms with E-state index in [0.717, 1.165) is 121 Å². The average Bonchev–Trinajstić information content (AvgIpc) is 3.43. The maximum Gasteiger partial charge on any atom is 0.146 e. The summed E-state index contributed by atoms with van der Waals surface area (Å²) in [5, 5.41) is 0. The highest BCUT2D eigenvalue weighted by atomic mass is 16.6. The lowest BCUT2D eigenvalue weighted by molar-refractivity contribution is 0.0882. The molecule has 70 heavy (non-hydrogen) atoms. The Labute approximate surface area is 410 Å². The maximum absolute atomic E-state index is 6.98. The van der Waals surface area contributed by atoms with Crippen LogP contribution in [0.25, 0.3) is 45.1 Å². The lowest BCUT2D eigenvalue weighted by Crippen LogP contribution is -2.15. The van der Waals surface area contributed by atoms with Gasteiger partial charge in [-0.05, 0) is 141 Å². The van der Waals surface area contributed by atoms with E-state index in [1.165, 1.54) is 11.1 Å². The van der Waals surface area contributed by atoms with Gasteiger partial charge in [0.1, 0.15) is 40.6 Å². The lowest BCUT2D eigenvalue weighted by Gasteiger charge is -2.29. The molecule has 0 bridgehead atoms. The topological polar surface area (TPSA) is 107 Å². The largest absolute Gasteiger partial charge is 0.501 e. The van der Waals surface area contributed by atoms with E-state index in [4.69, 9.17) is 40.4 Å². The molecular formula is C62H56N2O6. The summed E-state index contributed by atoms with van der Waals surface area (Å²) in [7, 11) is 3.44. The quantitative estimate of drug-likeness (QED) is 0.119. The van der Waals surface area contributed by atoms with Gasteiger partial charge >= 0.3 is 0 Å². The van der Waals surface area contributed by atoms with Crippen LogP contribution in [0.15, 0.2) is 228 Å². The first kappa shape index (κ1) is 45.9. The zero-order valence-corrected chi connectivity index (χ0v) is 39.9. The summed E-state index contributed by atoms with van der Waals surface area (Å²) in [4.78, 5) is 9.97. The Morgan fingerprint density at radius 3 is 1.39 bits per heavy atom. The van der Waals surface area contributed by atoms with Crippen molar-refractivity contribution in [2.24, 2.45) is 23.6 Å². The van der Waals surface area contributed by atoms with Crippen LogP contribution in [-0.4, -0.2) is 20.3 Å². The Morgan fingerprint density at radius 1 is 0.471 bits per heavy atom. The molecule has 4 N–H and O–H groups in total. The SMILES string of the molecule is COC1=CC=C(C2=CC=C(C3=C/C(=C4/C=C(c5ccc(C6=CCC(ON)C=C6)cc5)OC(c5ccc(-c6ccc(ON)cc6)cc5)=C4)C=C(c4ccc(-c5ccc(OC)cc5)cc4)O3)CC2C)CC1C. The summed E-state index contributed by atoms with van der Waals surface area (Å²) >= 11 is 0. The molecule has 3 atom stereocenters. The van der Waals surface area contributed by atoms with Crippen LogP contribution in [0.1, 0.15) is 55.4 Å². The van der Waals surface area contributed by atoms with Crippen molar-refractivity contribution in [2.75, 3.05) is 14.2 Å². The molecule has 8 heteroatoms. The number of rotatable bonds is 12. The Morgan fingerprint density at radius 2 is 0.929 bits per heavy atom. The van der Waals surface area contributed by atoms with Gasteiger partial charge in [0.2, 0.25) is 0 Å². The Balaban J connectivity index is 1.07. The molecule has 350 valence electrons. The number of nitrogens with two attached hydrogens (primary N) is 2. The molecule has 2 aliphatic heterocycles. The Hall–Kier alpha value is -7.88. The van der Waals surface area contributed by atoms with E-state index in [0.29, 0.717) is 11.7 Å². The molecule has 2 heterocycles. The van der Waals surface area contributed by atoms with Crippen LogP contribution in [0, 0.1) is 11.8 Å². The van der Waals surface area contributed by atoms with Gasteiger partial charge in [0.05, 0.1) is 20.0 Å². The van der Waals surface area contributed by atoms with E-state index in [2.05, 4.69) is 160 Å². The molecule has 0 saturated carbocycles. The maximum atomic E-state index is 6.98. The summed E-state index contributed by atoms with van der Waals surface area (Å²) in [6, 6.07) is 41.3. The van der Waals surface area contributed by atoms with Crippen LogP contribution >= 0.6 is 0 Å². The second-order valence-corrected chi connectivity index (χ2v) is 18.2. The average molecular weight is 925 g/mol. The summed E-state index contributed by atoms with van der Waals surface area (Å²) in [5.41, 5.74) is 15.2. The number of hydrogen-bond donors (Lipinski definition) is 2. The van der Waals surface area contributed by atoms with Gasteiger partial charge in [0, 0.05) is 22.6 Å². The molecule has 0 radical (unpaired) electrons. The van der Waals surface area contributed by atoms with E-state index >= 15 is 0 Å². The normalized spacial score (nSPS) is 20.9. The number of benzene rings is 5. The predicted octanol–water partition coefficient (Wildman–Crippen LogP) is 13.9. The van der Waals surface area contributed by atoms with Crippen molar-refractivity contribution in [3.05, 3.63) is 250 Å². The highest BCUT2D eigenvalue weighted by Gasteiger charge is 2.27. The standard InChI is InChI=1S/C62H56N2O6/c1-39-33-51(23-31-57(39)50-24-32-58(66-4)40(2)34-50)62-38-53(37-61(68-62)49-15-5-41(6-16-49)44-17-25-54(65-3)26-18-44)52-35-59(47-11-7-42(8-12-47)45-19-27-55(69-63)28-20-45)67-60(36-52)48-13-9-43(10-14-48)46-21-29-56(70-64)30-22-46/h5-29,31-32,35-40,56H,30,33-34,63-64H2,1-4H3/b53-52+. The van der Waals surface area contributed by atoms with Gasteiger partial charge in [-0.25, -0.2) is 5.90 Å². The first-order valence-corrected chi connectivity index (χ1v) is 23.8. The fraction of sp³-hybridized carbons (Fsp3) is 0.161. The molecule has 5 aliphatic rings. The smallest absolute Gasteiger partial charge is 0.146 e. The van der Waals surface area contributed by atoms with Crippen LogP contribution in [0.4, 0.5) is 0 Å². The first-order valence-electron chi connectivity index (χ1n) is 23.8. The van der Waals surface area contributed by atoms with Gasteiger partial charge in [-0.2, -0.15) is 5.90 Å². The minimum Gasteiger partial charge on any atom is -0.501 e. The Kier molecular flexibility index (Phi) is 13.4. The van der Waals surface area contributed by atoms with Crippen LogP contribution in [0.2, 0.25) is 0 Å². The van der Waals surface area contributed by atoms with Crippen molar-refractivity contribution < 1.29 is 28.6 Å². The highest BCUT2D eigenvalue weighted by Crippen LogP contribution is 2.43. The fourth-order valence-corrected chi connectivity index (χ4v) is 9.62. The lowest BCUT2D eigenvalue weighted by atomic mass is 9.79. The van der Waals surface area contributed by atoms with E-state index in [9.17, 15) is 0 Å². The van der Waals surface area contributed by atoms with Crippen LogP contribution in [0.5, 0.6) is 11.5 Å². The third-order valence-corrected chi connectivity index (χ3v) is 13.6. The van der Waals surface area contributed by atoms with Crippen molar-refractivity contribution in [1.29, 1.82) is 0 Å². The highest BCUT2D eigenvalue weighted by molar-refractivity contribution is 5.83. The molecule has 0 amide bonds. The number of allylic oxidation sites excluding steroid dienone is 16. The minimum atomic E-state index is -0.119. The Bertz CT molecular complexity index is 3140. The van der Waals surface area contributed by atoms with Crippen LogP contribution in [0.3, 0.4) is 0 Å². The van der Waals surface area contributed by atoms with Gasteiger partial charge in [0.15, 0.2) is 0 Å². The summed E-state index contributed by atoms with van der Waals surface area (Å²) in [6.07, 6.45) is 26.1. The fourth-order valence-electron chi connectivity index (χ4n) is 9.62. The monoisotopic (exact) mass is 924 g/mol. The van der Waals surface area contributed by atoms with Gasteiger partial charge in [-0.3, -0.25) is 4.84 Å². The van der Waals surface area contributed by atoms with Gasteiger partial charge in [-0.15, -0.1) is 0 Å². The molecular weight excluding hydrogens is 869 g/mol. The van der Waals surface area contributed by atoms with Gasteiger partial charge < -0.3 is 23.8 Å².